The van der Waals surface area contributed by atoms with E-state index in [0.29, 0.717) is 0 Å². The molecule has 6 heteroatoms. The minimum Gasteiger partial charge on any atom is -1.00 e. The Morgan fingerprint density at radius 1 is 0.324 bits per heavy atom. The van der Waals surface area contributed by atoms with E-state index in [4.69, 9.17) is 0 Å². The third-order valence-electron chi connectivity index (χ3n) is 15.2. The van der Waals surface area contributed by atoms with Crippen molar-refractivity contribution in [2.45, 2.75) is 165 Å². The number of rotatable bonds is 6. The molecule has 0 bridgehead atoms. The second-order valence-corrected chi connectivity index (χ2v) is 25.6. The van der Waals surface area contributed by atoms with E-state index in [0.717, 1.165) is 22.6 Å². The zero-order valence-corrected chi connectivity index (χ0v) is 49.2. The molecule has 0 radical (unpaired) electrons. The van der Waals surface area contributed by atoms with E-state index in [1.807, 2.05) is 0 Å². The van der Waals surface area contributed by atoms with Gasteiger partial charge in [0, 0.05) is 0 Å². The Kier molecular flexibility index (Phi) is 24.7. The van der Waals surface area contributed by atoms with Gasteiger partial charge in [-0.1, -0.05) is 131 Å². The second kappa shape index (κ2) is 29.3. The van der Waals surface area contributed by atoms with Crippen molar-refractivity contribution in [2.75, 3.05) is 0 Å². The molecule has 0 nitrogen and oxygen atoms in total. The normalized spacial score (nSPS) is 17.1. The average molecular weight is 1130 g/mol. The molecule has 0 unspecified atom stereocenters. The van der Waals surface area contributed by atoms with Crippen LogP contribution in [0.4, 0.5) is 0 Å². The third kappa shape index (κ3) is 15.3. The van der Waals surface area contributed by atoms with Gasteiger partial charge in [-0.2, -0.15) is 24.3 Å². The molecule has 8 aromatic rings. The molecule has 0 N–H and O–H groups in total. The monoisotopic (exact) mass is 1130 g/mol. The first kappa shape index (κ1) is 57.4. The van der Waals surface area contributed by atoms with Gasteiger partial charge in [0.1, 0.15) is 0 Å². The molecule has 0 aromatic heterocycles. The number of benzene rings is 4. The van der Waals surface area contributed by atoms with Crippen LogP contribution in [-0.2, 0) is 52.4 Å². The van der Waals surface area contributed by atoms with E-state index in [9.17, 15) is 0 Å². The molecule has 356 valence electrons. The van der Waals surface area contributed by atoms with Crippen molar-refractivity contribution in [1.82, 2.24) is 0 Å². The molecule has 4 aliphatic rings. The summed E-state index contributed by atoms with van der Waals surface area (Å²) >= 11 is 0. The summed E-state index contributed by atoms with van der Waals surface area (Å²) in [5.41, 5.74) is 6.77. The van der Waals surface area contributed by atoms with E-state index >= 15 is 0 Å². The summed E-state index contributed by atoms with van der Waals surface area (Å²) in [7, 11) is 0.122. The van der Waals surface area contributed by atoms with E-state index in [-0.39, 0.29) is 93.1 Å². The van der Waals surface area contributed by atoms with Crippen LogP contribution >= 0.6 is 15.8 Å². The molecule has 0 saturated heterocycles. The van der Waals surface area contributed by atoms with Crippen molar-refractivity contribution in [1.29, 1.82) is 0 Å². The van der Waals surface area contributed by atoms with Crippen molar-refractivity contribution in [3.63, 3.8) is 0 Å². The van der Waals surface area contributed by atoms with Crippen LogP contribution in [0, 0.1) is 13.8 Å². The molecule has 4 saturated carbocycles. The van der Waals surface area contributed by atoms with Gasteiger partial charge in [-0.05, 0) is 74.0 Å². The van der Waals surface area contributed by atoms with Gasteiger partial charge in [0.25, 0.3) is 0 Å². The molecule has 12 rings (SSSR count). The van der Waals surface area contributed by atoms with E-state index in [1.54, 1.807) is 10.6 Å². The molecular formula is C62H74Cl2P2Zr2-2. The van der Waals surface area contributed by atoms with Gasteiger partial charge >= 0.3 is 52.4 Å². The number of fused-ring (bicyclic) bond motifs is 4. The van der Waals surface area contributed by atoms with E-state index in [2.05, 4.69) is 159 Å². The van der Waals surface area contributed by atoms with Crippen LogP contribution in [0.25, 0.3) is 43.1 Å². The van der Waals surface area contributed by atoms with Crippen LogP contribution in [0.5, 0.6) is 0 Å². The molecule has 4 aliphatic carbocycles. The van der Waals surface area contributed by atoms with Gasteiger partial charge in [0.15, 0.2) is 0 Å². The fourth-order valence-electron chi connectivity index (χ4n) is 12.1. The van der Waals surface area contributed by atoms with Crippen LogP contribution in [0.3, 0.4) is 0 Å². The molecule has 0 aliphatic heterocycles. The maximum atomic E-state index is 2.55. The summed E-state index contributed by atoms with van der Waals surface area (Å²) < 4.78 is 0. The van der Waals surface area contributed by atoms with Crippen LogP contribution in [0.1, 0.15) is 140 Å². The molecule has 4 fully saturated rings. The van der Waals surface area contributed by atoms with E-state index < -0.39 is 0 Å². The quantitative estimate of drug-likeness (QED) is 0.115. The van der Waals surface area contributed by atoms with Gasteiger partial charge in [-0.25, -0.2) is 0 Å². The number of halogens is 2. The van der Waals surface area contributed by atoms with Crippen molar-refractivity contribution in [2.24, 2.45) is 0 Å². The summed E-state index contributed by atoms with van der Waals surface area (Å²) in [4.78, 5) is 0. The molecule has 0 spiro atoms. The first-order chi connectivity index (χ1) is 31.6. The van der Waals surface area contributed by atoms with Gasteiger partial charge in [0.2, 0.25) is 0 Å². The summed E-state index contributed by atoms with van der Waals surface area (Å²) in [6.07, 6.45) is 29.8. The van der Waals surface area contributed by atoms with Gasteiger partial charge in [-0.3, -0.25) is 0 Å². The predicted molar refractivity (Wildman–Crippen MR) is 288 cm³/mol. The maximum Gasteiger partial charge on any atom is 2.00 e. The topological polar surface area (TPSA) is 0 Å². The smallest absolute Gasteiger partial charge is 1.00 e. The zero-order valence-electron chi connectivity index (χ0n) is 41.0. The third-order valence-corrected chi connectivity index (χ3v) is 22.1. The van der Waals surface area contributed by atoms with Gasteiger partial charge in [0.05, 0.1) is 0 Å². The molecule has 68 heavy (non-hydrogen) atoms. The predicted octanol–water partition coefficient (Wildman–Crippen LogP) is 12.4. The number of hydrogen-bond acceptors (Lipinski definition) is 0. The molecule has 0 heterocycles. The van der Waals surface area contributed by atoms with Crippen LogP contribution < -0.4 is 35.4 Å². The van der Waals surface area contributed by atoms with E-state index in [1.165, 1.54) is 183 Å². The molecule has 0 atom stereocenters. The fraction of sp³-hybridized carbons (Fsp3) is 0.419. The van der Waals surface area contributed by atoms with Crippen molar-refractivity contribution in [3.8, 4) is 0 Å². The standard InChI is InChI=1S/2C21H28P.2C10H9.2ClH.2Zr/c2*1-3-11-19(12-4-1)22(20-13-5-2-6-14-20)21-15-17-9-7-8-10-18(17)16-21;2*1-8-6-9-4-2-3-5-10(9)7-8;;;;/h2*7-10,15-16,19-20H,1-6,11-14H2;2*2-7H,1H3;2*1H;;/q4*-1;;;2*+2/p-2. The van der Waals surface area contributed by atoms with Crippen molar-refractivity contribution < 1.29 is 77.2 Å². The Morgan fingerprint density at radius 2 is 0.559 bits per heavy atom. The Labute approximate surface area is 464 Å². The SMILES string of the molecule is Cc1cc2ccccc2[cH-]1.Cc1cc2ccccc2[cH-]1.[Cl-].[Cl-].[Zr+2].[Zr+2].c1ccc2[cH-]c(P(C3CCCCC3)C3CCCCC3)cc2c1.c1ccc2[cH-]c(P(C3CCCCC3)C3CCCCC3)cc2c1. The van der Waals surface area contributed by atoms with Crippen LogP contribution in [0.15, 0.2) is 146 Å². The molecule has 8 aromatic carbocycles. The minimum atomic E-state index is 0. The van der Waals surface area contributed by atoms with Crippen molar-refractivity contribution >= 4 is 69.5 Å². The summed E-state index contributed by atoms with van der Waals surface area (Å²) in [6.45, 7) is 4.25. The van der Waals surface area contributed by atoms with Gasteiger partial charge in [-0.15, -0.1) is 162 Å². The summed E-state index contributed by atoms with van der Waals surface area (Å²) in [5, 5.41) is 14.7. The first-order valence-electron chi connectivity index (χ1n) is 25.7. The summed E-state index contributed by atoms with van der Waals surface area (Å²) in [6, 6.07) is 53.8. The Morgan fingerprint density at radius 3 is 0.809 bits per heavy atom. The minimum absolute atomic E-state index is 0. The Balaban J connectivity index is 0.000000176. The van der Waals surface area contributed by atoms with Crippen molar-refractivity contribution in [3.05, 3.63) is 157 Å². The molecular weight excluding hydrogens is 1060 g/mol. The first-order valence-corrected chi connectivity index (χ1v) is 28.6. The Bertz CT molecular complexity index is 2270. The zero-order chi connectivity index (χ0) is 43.5. The van der Waals surface area contributed by atoms with Gasteiger partial charge < -0.3 is 24.8 Å². The largest absolute Gasteiger partial charge is 2.00 e. The summed E-state index contributed by atoms with van der Waals surface area (Å²) in [5.74, 6) is 0. The van der Waals surface area contributed by atoms with Crippen LogP contribution in [-0.4, -0.2) is 22.6 Å². The number of aryl methyl sites for hydroxylation is 2. The number of hydrogen-bond donors (Lipinski definition) is 0. The molecule has 0 amide bonds. The van der Waals surface area contributed by atoms with Crippen LogP contribution in [0.2, 0.25) is 0 Å². The second-order valence-electron chi connectivity index (χ2n) is 20.0. The fourth-order valence-corrected chi connectivity index (χ4v) is 19.8. The maximum absolute atomic E-state index is 2.55. The Hall–Kier alpha value is -1.47. The average Bonchev–Trinajstić information content (AvgIpc) is 4.15.